The van der Waals surface area contributed by atoms with Crippen LogP contribution in [0.15, 0.2) is 0 Å². The summed E-state index contributed by atoms with van der Waals surface area (Å²) in [5.74, 6) is -1.12. The molecule has 1 aliphatic carbocycles. The summed E-state index contributed by atoms with van der Waals surface area (Å²) >= 11 is 1.88. The summed E-state index contributed by atoms with van der Waals surface area (Å²) in [5, 5.41) is 15.1. The van der Waals surface area contributed by atoms with Crippen molar-refractivity contribution in [2.24, 2.45) is 5.92 Å². The standard InChI is InChI=1S/C13H24N2O3S/c1-8(2)11(12(16)17)15-13(18)14-9-4-6-10(19-3)7-5-9/h8-11H,4-7H2,1-3H3,(H,16,17)(H2,14,15,18)/t9?,10?,11-/m0/s1. The van der Waals surface area contributed by atoms with Crippen LogP contribution < -0.4 is 10.6 Å². The molecule has 6 heteroatoms. The molecule has 1 aliphatic rings. The van der Waals surface area contributed by atoms with E-state index in [2.05, 4.69) is 16.9 Å². The molecule has 0 bridgehead atoms. The Morgan fingerprint density at radius 2 is 1.79 bits per heavy atom. The highest BCUT2D eigenvalue weighted by Gasteiger charge is 2.26. The minimum atomic E-state index is -0.990. The summed E-state index contributed by atoms with van der Waals surface area (Å²) in [4.78, 5) is 22.8. The van der Waals surface area contributed by atoms with Gasteiger partial charge in [0.05, 0.1) is 0 Å². The number of hydrogen-bond acceptors (Lipinski definition) is 3. The van der Waals surface area contributed by atoms with Crippen LogP contribution in [-0.2, 0) is 4.79 Å². The van der Waals surface area contributed by atoms with Crippen LogP contribution >= 0.6 is 11.8 Å². The molecule has 1 saturated carbocycles. The number of carbonyl (C=O) groups is 2. The van der Waals surface area contributed by atoms with Crippen molar-refractivity contribution >= 4 is 23.8 Å². The number of rotatable bonds is 5. The molecule has 0 saturated heterocycles. The highest BCUT2D eigenvalue weighted by molar-refractivity contribution is 7.99. The van der Waals surface area contributed by atoms with Crippen LogP contribution in [0.2, 0.25) is 0 Å². The SMILES string of the molecule is CSC1CCC(NC(=O)N[C@H](C(=O)O)C(C)C)CC1. The molecule has 1 atom stereocenters. The van der Waals surface area contributed by atoms with Gasteiger partial charge in [0.2, 0.25) is 0 Å². The van der Waals surface area contributed by atoms with E-state index in [0.29, 0.717) is 5.25 Å². The first-order valence-corrected chi connectivity index (χ1v) is 8.05. The minimum Gasteiger partial charge on any atom is -0.480 e. The Labute approximate surface area is 118 Å². The number of aliphatic carboxylic acids is 1. The molecule has 3 N–H and O–H groups in total. The first-order chi connectivity index (χ1) is 8.93. The molecule has 0 unspecified atom stereocenters. The normalized spacial score (nSPS) is 24.8. The molecule has 0 radical (unpaired) electrons. The van der Waals surface area contributed by atoms with Crippen LogP contribution in [0.4, 0.5) is 4.79 Å². The first kappa shape index (κ1) is 16.1. The van der Waals surface area contributed by atoms with Crippen molar-refractivity contribution in [3.63, 3.8) is 0 Å². The molecule has 0 aliphatic heterocycles. The predicted molar refractivity (Wildman–Crippen MR) is 77.5 cm³/mol. The van der Waals surface area contributed by atoms with E-state index >= 15 is 0 Å². The van der Waals surface area contributed by atoms with Gasteiger partial charge in [0.1, 0.15) is 6.04 Å². The molecule has 1 rings (SSSR count). The predicted octanol–water partition coefficient (Wildman–Crippen LogP) is 2.07. The highest BCUT2D eigenvalue weighted by Crippen LogP contribution is 2.26. The molecule has 1 fully saturated rings. The van der Waals surface area contributed by atoms with Crippen LogP contribution in [0.25, 0.3) is 0 Å². The smallest absolute Gasteiger partial charge is 0.326 e. The van der Waals surface area contributed by atoms with Gasteiger partial charge in [-0.15, -0.1) is 0 Å². The molecular formula is C13H24N2O3S. The van der Waals surface area contributed by atoms with Gasteiger partial charge in [-0.1, -0.05) is 13.8 Å². The van der Waals surface area contributed by atoms with E-state index in [1.165, 1.54) is 0 Å². The van der Waals surface area contributed by atoms with E-state index in [0.717, 1.165) is 25.7 Å². The van der Waals surface area contributed by atoms with Crippen LogP contribution in [0.3, 0.4) is 0 Å². The first-order valence-electron chi connectivity index (χ1n) is 6.76. The average Bonchev–Trinajstić information content (AvgIpc) is 2.36. The molecule has 19 heavy (non-hydrogen) atoms. The maximum atomic E-state index is 11.8. The Balaban J connectivity index is 2.37. The Kier molecular flexibility index (Phi) is 6.48. The molecule has 110 valence electrons. The lowest BCUT2D eigenvalue weighted by Crippen LogP contribution is -2.51. The molecule has 0 spiro atoms. The van der Waals surface area contributed by atoms with Gasteiger partial charge < -0.3 is 15.7 Å². The summed E-state index contributed by atoms with van der Waals surface area (Å²) in [5.41, 5.74) is 0. The van der Waals surface area contributed by atoms with Crippen molar-refractivity contribution in [2.45, 2.75) is 56.9 Å². The zero-order chi connectivity index (χ0) is 14.4. The largest absolute Gasteiger partial charge is 0.480 e. The Hall–Kier alpha value is -0.910. The summed E-state index contributed by atoms with van der Waals surface area (Å²) in [7, 11) is 0. The van der Waals surface area contributed by atoms with Crippen molar-refractivity contribution in [1.29, 1.82) is 0 Å². The number of carbonyl (C=O) groups excluding carboxylic acids is 1. The number of thioether (sulfide) groups is 1. The number of carboxylic acid groups (broad SMARTS) is 1. The number of hydrogen-bond donors (Lipinski definition) is 3. The van der Waals surface area contributed by atoms with Gasteiger partial charge in [-0.25, -0.2) is 9.59 Å². The van der Waals surface area contributed by atoms with Crippen LogP contribution in [0, 0.1) is 5.92 Å². The van der Waals surface area contributed by atoms with E-state index in [4.69, 9.17) is 5.11 Å². The van der Waals surface area contributed by atoms with E-state index in [1.807, 2.05) is 11.8 Å². The van der Waals surface area contributed by atoms with Crippen molar-refractivity contribution in [2.75, 3.05) is 6.26 Å². The topological polar surface area (TPSA) is 78.4 Å². The molecule has 2 amide bonds. The molecular weight excluding hydrogens is 264 g/mol. The van der Waals surface area contributed by atoms with E-state index in [-0.39, 0.29) is 18.0 Å². The van der Waals surface area contributed by atoms with Gasteiger partial charge in [-0.05, 0) is 37.9 Å². The van der Waals surface area contributed by atoms with Crippen molar-refractivity contribution in [1.82, 2.24) is 10.6 Å². The second-order valence-corrected chi connectivity index (χ2v) is 6.53. The fraction of sp³-hybridized carbons (Fsp3) is 0.846. The molecule has 5 nitrogen and oxygen atoms in total. The lowest BCUT2D eigenvalue weighted by Gasteiger charge is -2.28. The number of nitrogens with one attached hydrogen (secondary N) is 2. The van der Waals surface area contributed by atoms with Gasteiger partial charge in [0, 0.05) is 11.3 Å². The molecule has 0 aromatic carbocycles. The lowest BCUT2D eigenvalue weighted by atomic mass is 9.95. The summed E-state index contributed by atoms with van der Waals surface area (Å²) in [6.45, 7) is 3.56. The van der Waals surface area contributed by atoms with Crippen LogP contribution in [0.1, 0.15) is 39.5 Å². The quantitative estimate of drug-likeness (QED) is 0.723. The van der Waals surface area contributed by atoms with Crippen molar-refractivity contribution < 1.29 is 14.7 Å². The highest BCUT2D eigenvalue weighted by atomic mass is 32.2. The van der Waals surface area contributed by atoms with E-state index in [9.17, 15) is 9.59 Å². The van der Waals surface area contributed by atoms with E-state index in [1.54, 1.807) is 13.8 Å². The molecule has 0 heterocycles. The Morgan fingerprint density at radius 3 is 2.21 bits per heavy atom. The second kappa shape index (κ2) is 7.62. The number of amides is 2. The second-order valence-electron chi connectivity index (χ2n) is 5.39. The third kappa shape index (κ3) is 5.30. The zero-order valence-electron chi connectivity index (χ0n) is 11.8. The number of urea groups is 1. The minimum absolute atomic E-state index is 0.129. The molecule has 0 aromatic heterocycles. The van der Waals surface area contributed by atoms with Gasteiger partial charge >= 0.3 is 12.0 Å². The van der Waals surface area contributed by atoms with Crippen LogP contribution in [-0.4, -0.2) is 40.7 Å². The monoisotopic (exact) mass is 288 g/mol. The third-order valence-electron chi connectivity index (χ3n) is 3.56. The fourth-order valence-corrected chi connectivity index (χ4v) is 3.07. The summed E-state index contributed by atoms with van der Waals surface area (Å²) < 4.78 is 0. The summed E-state index contributed by atoms with van der Waals surface area (Å²) in [6, 6.07) is -1.03. The fourth-order valence-electron chi connectivity index (χ4n) is 2.32. The average molecular weight is 288 g/mol. The summed E-state index contributed by atoms with van der Waals surface area (Å²) in [6.07, 6.45) is 6.28. The van der Waals surface area contributed by atoms with E-state index < -0.39 is 12.0 Å². The number of carboxylic acids is 1. The lowest BCUT2D eigenvalue weighted by molar-refractivity contribution is -0.140. The van der Waals surface area contributed by atoms with Crippen molar-refractivity contribution in [3.8, 4) is 0 Å². The maximum Gasteiger partial charge on any atom is 0.326 e. The van der Waals surface area contributed by atoms with Crippen molar-refractivity contribution in [3.05, 3.63) is 0 Å². The van der Waals surface area contributed by atoms with Gasteiger partial charge in [-0.2, -0.15) is 11.8 Å². The van der Waals surface area contributed by atoms with Gasteiger partial charge in [-0.3, -0.25) is 0 Å². The Bertz CT molecular complexity index is 315. The van der Waals surface area contributed by atoms with Gasteiger partial charge in [0.15, 0.2) is 0 Å². The van der Waals surface area contributed by atoms with Crippen LogP contribution in [0.5, 0.6) is 0 Å². The van der Waals surface area contributed by atoms with Gasteiger partial charge in [0.25, 0.3) is 0 Å². The third-order valence-corrected chi connectivity index (χ3v) is 4.70. The Morgan fingerprint density at radius 1 is 1.21 bits per heavy atom. The maximum absolute atomic E-state index is 11.8. The molecule has 0 aromatic rings. The zero-order valence-corrected chi connectivity index (χ0v) is 12.6.